The van der Waals surface area contributed by atoms with E-state index in [0.717, 1.165) is 37.7 Å². The minimum atomic E-state index is -0.568. The molecule has 2 N–H and O–H groups in total. The highest BCUT2D eigenvalue weighted by Gasteiger charge is 2.24. The van der Waals surface area contributed by atoms with Crippen LogP contribution in [0.5, 0.6) is 0 Å². The van der Waals surface area contributed by atoms with Crippen LogP contribution in [-0.2, 0) is 16.1 Å². The van der Waals surface area contributed by atoms with Crippen molar-refractivity contribution in [3.63, 3.8) is 0 Å². The monoisotopic (exact) mass is 292 g/mol. The maximum absolute atomic E-state index is 12.0. The number of pyridine rings is 1. The molecule has 0 bridgehead atoms. The first-order valence-corrected chi connectivity index (χ1v) is 7.28. The van der Waals surface area contributed by atoms with E-state index in [4.69, 9.17) is 4.74 Å². The SMILES string of the molecule is CNC(C)(C)C(=O)NCc1ccc(N2CCOCC2)nc1. The second-order valence-electron chi connectivity index (χ2n) is 5.68. The van der Waals surface area contributed by atoms with E-state index in [-0.39, 0.29) is 5.91 Å². The van der Waals surface area contributed by atoms with Crippen molar-refractivity contribution in [2.24, 2.45) is 0 Å². The number of nitrogens with zero attached hydrogens (tertiary/aromatic N) is 2. The molecule has 0 aromatic carbocycles. The Morgan fingerprint density at radius 1 is 1.38 bits per heavy atom. The fraction of sp³-hybridized carbons (Fsp3) is 0.600. The molecule has 0 radical (unpaired) electrons. The second kappa shape index (κ2) is 6.87. The summed E-state index contributed by atoms with van der Waals surface area (Å²) in [5, 5.41) is 5.90. The quantitative estimate of drug-likeness (QED) is 0.829. The van der Waals surface area contributed by atoms with Gasteiger partial charge in [0.15, 0.2) is 0 Å². The fourth-order valence-electron chi connectivity index (χ4n) is 2.02. The summed E-state index contributed by atoms with van der Waals surface area (Å²) in [5.41, 5.74) is 0.425. The van der Waals surface area contributed by atoms with Crippen LogP contribution in [0.25, 0.3) is 0 Å². The van der Waals surface area contributed by atoms with Crippen LogP contribution in [-0.4, -0.2) is 49.8 Å². The number of carbonyl (C=O) groups is 1. The van der Waals surface area contributed by atoms with E-state index in [1.54, 1.807) is 7.05 Å². The number of anilines is 1. The number of morpholine rings is 1. The lowest BCUT2D eigenvalue weighted by Gasteiger charge is -2.27. The zero-order valence-electron chi connectivity index (χ0n) is 13.0. The summed E-state index contributed by atoms with van der Waals surface area (Å²) in [7, 11) is 1.78. The minimum absolute atomic E-state index is 0.0257. The Morgan fingerprint density at radius 2 is 2.10 bits per heavy atom. The van der Waals surface area contributed by atoms with Crippen LogP contribution < -0.4 is 15.5 Å². The Hall–Kier alpha value is -1.66. The van der Waals surface area contributed by atoms with Crippen LogP contribution in [0.4, 0.5) is 5.82 Å². The minimum Gasteiger partial charge on any atom is -0.378 e. The summed E-state index contributed by atoms with van der Waals surface area (Å²) in [6, 6.07) is 4.00. The van der Waals surface area contributed by atoms with Crippen LogP contribution >= 0.6 is 0 Å². The summed E-state index contributed by atoms with van der Waals surface area (Å²) in [6.07, 6.45) is 1.82. The van der Waals surface area contributed by atoms with E-state index in [9.17, 15) is 4.79 Å². The molecule has 2 heterocycles. The lowest BCUT2D eigenvalue weighted by Crippen LogP contribution is -2.50. The third-order valence-electron chi connectivity index (χ3n) is 3.79. The maximum atomic E-state index is 12.0. The first-order chi connectivity index (χ1) is 10.0. The number of carbonyl (C=O) groups excluding carboxylic acids is 1. The van der Waals surface area contributed by atoms with Crippen LogP contribution in [0.3, 0.4) is 0 Å². The van der Waals surface area contributed by atoms with E-state index in [1.165, 1.54) is 0 Å². The Labute approximate surface area is 125 Å². The summed E-state index contributed by atoms with van der Waals surface area (Å²) in [4.78, 5) is 18.6. The molecule has 0 atom stereocenters. The lowest BCUT2D eigenvalue weighted by atomic mass is 10.1. The molecule has 1 amide bonds. The standard InChI is InChI=1S/C15H24N4O2/c1-15(2,16-3)14(20)18-11-12-4-5-13(17-10-12)19-6-8-21-9-7-19/h4-5,10,16H,6-9,11H2,1-3H3,(H,18,20). The van der Waals surface area contributed by atoms with Crippen molar-refractivity contribution in [3.8, 4) is 0 Å². The molecule has 1 aliphatic heterocycles. The van der Waals surface area contributed by atoms with E-state index in [1.807, 2.05) is 32.2 Å². The van der Waals surface area contributed by atoms with Gasteiger partial charge in [0.2, 0.25) is 5.91 Å². The lowest BCUT2D eigenvalue weighted by molar-refractivity contribution is -0.126. The van der Waals surface area contributed by atoms with Crippen molar-refractivity contribution in [1.82, 2.24) is 15.6 Å². The number of aromatic nitrogens is 1. The molecule has 1 aromatic heterocycles. The summed E-state index contributed by atoms with van der Waals surface area (Å²) in [5.74, 6) is 0.936. The molecule has 1 aliphatic rings. The van der Waals surface area contributed by atoms with Gasteiger partial charge in [0, 0.05) is 25.8 Å². The number of hydrogen-bond donors (Lipinski definition) is 2. The van der Waals surface area contributed by atoms with Crippen LogP contribution in [0.1, 0.15) is 19.4 Å². The fourth-order valence-corrected chi connectivity index (χ4v) is 2.02. The molecule has 6 nitrogen and oxygen atoms in total. The number of ether oxygens (including phenoxy) is 1. The van der Waals surface area contributed by atoms with E-state index in [2.05, 4.69) is 20.5 Å². The highest BCUT2D eigenvalue weighted by atomic mass is 16.5. The zero-order valence-corrected chi connectivity index (χ0v) is 13.0. The molecule has 1 saturated heterocycles. The van der Waals surface area contributed by atoms with Gasteiger partial charge in [-0.1, -0.05) is 6.07 Å². The Bertz CT molecular complexity index is 467. The van der Waals surface area contributed by atoms with Gasteiger partial charge >= 0.3 is 0 Å². The van der Waals surface area contributed by atoms with Gasteiger partial charge in [-0.15, -0.1) is 0 Å². The summed E-state index contributed by atoms with van der Waals surface area (Å²) in [6.45, 7) is 7.43. The predicted octanol–water partition coefficient (Wildman–Crippen LogP) is 0.532. The first-order valence-electron chi connectivity index (χ1n) is 7.28. The van der Waals surface area contributed by atoms with Crippen molar-refractivity contribution < 1.29 is 9.53 Å². The van der Waals surface area contributed by atoms with E-state index in [0.29, 0.717) is 6.54 Å². The highest BCUT2D eigenvalue weighted by molar-refractivity contribution is 5.85. The van der Waals surface area contributed by atoms with Gasteiger partial charge in [-0.3, -0.25) is 4.79 Å². The number of rotatable bonds is 5. The van der Waals surface area contributed by atoms with E-state index < -0.39 is 5.54 Å². The molecule has 21 heavy (non-hydrogen) atoms. The third-order valence-corrected chi connectivity index (χ3v) is 3.79. The van der Waals surface area contributed by atoms with Crippen molar-refractivity contribution in [1.29, 1.82) is 0 Å². The largest absolute Gasteiger partial charge is 0.378 e. The van der Waals surface area contributed by atoms with Crippen molar-refractivity contribution in [2.45, 2.75) is 25.9 Å². The van der Waals surface area contributed by atoms with Crippen LogP contribution in [0.2, 0.25) is 0 Å². The number of likely N-dealkylation sites (N-methyl/N-ethyl adjacent to an activating group) is 1. The van der Waals surface area contributed by atoms with Gasteiger partial charge in [0.25, 0.3) is 0 Å². The molecule has 0 saturated carbocycles. The molecule has 0 spiro atoms. The molecule has 0 aliphatic carbocycles. The van der Waals surface area contributed by atoms with Crippen molar-refractivity contribution in [2.75, 3.05) is 38.3 Å². The Balaban J connectivity index is 1.89. The Morgan fingerprint density at radius 3 is 2.67 bits per heavy atom. The van der Waals surface area contributed by atoms with Gasteiger partial charge in [-0.05, 0) is 32.5 Å². The molecule has 116 valence electrons. The van der Waals surface area contributed by atoms with Crippen molar-refractivity contribution >= 4 is 11.7 Å². The average Bonchev–Trinajstić information content (AvgIpc) is 2.54. The van der Waals surface area contributed by atoms with Gasteiger partial charge in [0.1, 0.15) is 5.82 Å². The molecule has 6 heteroatoms. The Kier molecular flexibility index (Phi) is 5.14. The molecule has 1 aromatic rings. The average molecular weight is 292 g/mol. The van der Waals surface area contributed by atoms with Crippen LogP contribution in [0, 0.1) is 0 Å². The number of amides is 1. The van der Waals surface area contributed by atoms with Crippen molar-refractivity contribution in [3.05, 3.63) is 23.9 Å². The topological polar surface area (TPSA) is 66.5 Å². The van der Waals surface area contributed by atoms with Gasteiger partial charge in [-0.2, -0.15) is 0 Å². The first kappa shape index (κ1) is 15.7. The molecular formula is C15H24N4O2. The third kappa shape index (κ3) is 4.15. The van der Waals surface area contributed by atoms with Crippen LogP contribution in [0.15, 0.2) is 18.3 Å². The van der Waals surface area contributed by atoms with Gasteiger partial charge in [-0.25, -0.2) is 4.98 Å². The van der Waals surface area contributed by atoms with E-state index >= 15 is 0 Å². The zero-order chi connectivity index (χ0) is 15.3. The normalized spacial score (nSPS) is 15.9. The smallest absolute Gasteiger partial charge is 0.239 e. The molecule has 0 unspecified atom stereocenters. The number of nitrogens with one attached hydrogen (secondary N) is 2. The molecule has 2 rings (SSSR count). The van der Waals surface area contributed by atoms with Gasteiger partial charge < -0.3 is 20.3 Å². The maximum Gasteiger partial charge on any atom is 0.239 e. The molecule has 1 fully saturated rings. The summed E-state index contributed by atoms with van der Waals surface area (Å²) >= 11 is 0. The molecular weight excluding hydrogens is 268 g/mol. The highest BCUT2D eigenvalue weighted by Crippen LogP contribution is 2.13. The number of hydrogen-bond acceptors (Lipinski definition) is 5. The van der Waals surface area contributed by atoms with Gasteiger partial charge in [0.05, 0.1) is 18.8 Å². The second-order valence-corrected chi connectivity index (χ2v) is 5.68. The summed E-state index contributed by atoms with van der Waals surface area (Å²) < 4.78 is 5.33. The predicted molar refractivity (Wildman–Crippen MR) is 82.3 cm³/mol.